The van der Waals surface area contributed by atoms with E-state index in [1.165, 1.54) is 13.2 Å². The van der Waals surface area contributed by atoms with Crippen LogP contribution < -0.4 is 36.9 Å². The van der Waals surface area contributed by atoms with E-state index in [0.717, 1.165) is 0 Å². The van der Waals surface area contributed by atoms with E-state index in [1.54, 1.807) is 46.5 Å². The van der Waals surface area contributed by atoms with E-state index in [0.29, 0.717) is 101 Å². The molecule has 0 saturated carbocycles. The molecule has 0 saturated heterocycles. The average Bonchev–Trinajstić information content (AvgIpc) is 3.96. The van der Waals surface area contributed by atoms with Crippen molar-refractivity contribution in [3.8, 4) is 11.5 Å². The zero-order valence-electron chi connectivity index (χ0n) is 33.4. The van der Waals surface area contributed by atoms with E-state index in [9.17, 15) is 19.5 Å². The summed E-state index contributed by atoms with van der Waals surface area (Å²) in [5.74, 6) is 0.768. The second-order valence-electron chi connectivity index (χ2n) is 13.6. The molecule has 3 amide bonds. The van der Waals surface area contributed by atoms with Crippen LogP contribution in [0.1, 0.15) is 80.5 Å². The van der Waals surface area contributed by atoms with E-state index in [4.69, 9.17) is 30.3 Å². The van der Waals surface area contributed by atoms with Gasteiger partial charge in [0.2, 0.25) is 23.7 Å². The predicted octanol–water partition coefficient (Wildman–Crippen LogP) is 4.18. The first kappa shape index (κ1) is 41.0. The van der Waals surface area contributed by atoms with Crippen LogP contribution in [0.4, 0.5) is 11.9 Å². The predicted molar refractivity (Wildman–Crippen MR) is 218 cm³/mol. The van der Waals surface area contributed by atoms with E-state index in [2.05, 4.69) is 26.0 Å². The molecule has 0 spiro atoms. The van der Waals surface area contributed by atoms with Crippen molar-refractivity contribution in [2.45, 2.75) is 66.4 Å². The van der Waals surface area contributed by atoms with Gasteiger partial charge in [-0.15, -0.1) is 0 Å². The molecule has 4 aromatic heterocycles. The van der Waals surface area contributed by atoms with Crippen molar-refractivity contribution >= 4 is 51.7 Å². The second kappa shape index (κ2) is 17.6. The molecule has 306 valence electrons. The van der Waals surface area contributed by atoms with Gasteiger partial charge in [-0.25, -0.2) is 9.97 Å². The summed E-state index contributed by atoms with van der Waals surface area (Å²) in [4.78, 5) is 47.7. The number of anilines is 2. The Bertz CT molecular complexity index is 2510. The standard InChI is InChI=1S/C40H49N11O7/c1-7-30-26(17-23(4)58-30)37(54)46-39-45-28-19-25(36(42)53)21-32(57-15-11-12-43-5)34(28)50(39)14-10-9-13-49-33-27(18-24(35(41)52)20-31(33)56-6)44-40(49)47-38(55)29-16-22(3)48-51(29)8-2/h9-10,16-21,37,43,54H,7-8,11-15H2,1-6H3,(H2,41,52)(H2,42,53)(H,45,46)(H,44,47,55)/b10-9+. The molecule has 0 fully saturated rings. The average molecular weight is 796 g/mol. The fourth-order valence-corrected chi connectivity index (χ4v) is 6.79. The third kappa shape index (κ3) is 8.52. The molecule has 0 aliphatic rings. The SMILES string of the molecule is CCc1oc(C)cc1C(O)Nc1nc2cc(C(N)=O)cc(OCCCNC)c2n1C/C=C/Cn1c(NC(=O)c2cc(C)nn2CC)nc2cc(C(N)=O)cc(OC)c21. The number of hydrogen-bond donors (Lipinski definition) is 6. The molecule has 0 radical (unpaired) electrons. The van der Waals surface area contributed by atoms with Crippen LogP contribution in [0.2, 0.25) is 0 Å². The highest BCUT2D eigenvalue weighted by Crippen LogP contribution is 2.34. The number of aliphatic hydroxyl groups is 1. The van der Waals surface area contributed by atoms with Crippen molar-refractivity contribution in [1.82, 2.24) is 34.2 Å². The van der Waals surface area contributed by atoms with Crippen LogP contribution in [0, 0.1) is 13.8 Å². The molecule has 1 unspecified atom stereocenters. The van der Waals surface area contributed by atoms with E-state index >= 15 is 0 Å². The number of carbonyl (C=O) groups excluding carboxylic acids is 3. The Morgan fingerprint density at radius 3 is 2.14 bits per heavy atom. The molecular formula is C40H49N11O7. The molecule has 4 heterocycles. The van der Waals surface area contributed by atoms with Gasteiger partial charge in [-0.05, 0) is 77.2 Å². The number of allylic oxidation sites excluding steroid dienone is 2. The van der Waals surface area contributed by atoms with Crippen LogP contribution in [0.3, 0.4) is 0 Å². The number of primary amides is 2. The molecule has 0 bridgehead atoms. The van der Waals surface area contributed by atoms with Crippen molar-refractivity contribution < 1.29 is 33.4 Å². The molecule has 18 heteroatoms. The summed E-state index contributed by atoms with van der Waals surface area (Å²) in [6.45, 7) is 9.39. The van der Waals surface area contributed by atoms with Crippen LogP contribution in [-0.2, 0) is 26.1 Å². The number of rotatable bonds is 19. The lowest BCUT2D eigenvalue weighted by molar-refractivity contribution is 0.0991. The quantitative estimate of drug-likeness (QED) is 0.0384. The summed E-state index contributed by atoms with van der Waals surface area (Å²) >= 11 is 0. The first-order chi connectivity index (χ1) is 27.9. The Labute approximate surface area is 334 Å². The Hall–Kier alpha value is -6.66. The maximum Gasteiger partial charge on any atom is 0.276 e. The summed E-state index contributed by atoms with van der Waals surface area (Å²) < 4.78 is 22.9. The van der Waals surface area contributed by atoms with E-state index < -0.39 is 23.9 Å². The van der Waals surface area contributed by atoms with Crippen LogP contribution in [-0.4, -0.2) is 79.0 Å². The number of nitrogens with two attached hydrogens (primary N) is 2. The van der Waals surface area contributed by atoms with Gasteiger partial charge in [0.1, 0.15) is 39.7 Å². The molecule has 6 rings (SSSR count). The van der Waals surface area contributed by atoms with Gasteiger partial charge in [0.15, 0.2) is 6.23 Å². The molecule has 18 nitrogen and oxygen atoms in total. The summed E-state index contributed by atoms with van der Waals surface area (Å²) in [6, 6.07) is 9.71. The summed E-state index contributed by atoms with van der Waals surface area (Å²) in [7, 11) is 3.32. The topological polar surface area (TPSA) is 245 Å². The molecule has 6 aromatic rings. The minimum atomic E-state index is -1.18. The van der Waals surface area contributed by atoms with Crippen molar-refractivity contribution in [3.05, 3.63) is 88.1 Å². The molecule has 58 heavy (non-hydrogen) atoms. The van der Waals surface area contributed by atoms with Crippen molar-refractivity contribution in [2.75, 3.05) is 37.9 Å². The number of aryl methyl sites for hydroxylation is 4. The number of imidazole rings is 2. The fourth-order valence-electron chi connectivity index (χ4n) is 6.79. The smallest absolute Gasteiger partial charge is 0.276 e. The van der Waals surface area contributed by atoms with Gasteiger partial charge in [0, 0.05) is 42.7 Å². The molecule has 8 N–H and O–H groups in total. The first-order valence-electron chi connectivity index (χ1n) is 18.9. The maximum absolute atomic E-state index is 13.6. The number of methoxy groups -OCH3 is 1. The van der Waals surface area contributed by atoms with Crippen molar-refractivity contribution in [3.63, 3.8) is 0 Å². The monoisotopic (exact) mass is 795 g/mol. The van der Waals surface area contributed by atoms with Gasteiger partial charge in [-0.3, -0.25) is 24.4 Å². The maximum atomic E-state index is 13.6. The first-order valence-corrected chi connectivity index (χ1v) is 18.9. The van der Waals surface area contributed by atoms with Crippen LogP contribution in [0.5, 0.6) is 11.5 Å². The highest BCUT2D eigenvalue weighted by molar-refractivity contribution is 6.04. The van der Waals surface area contributed by atoms with Gasteiger partial charge in [-0.2, -0.15) is 5.10 Å². The highest BCUT2D eigenvalue weighted by atomic mass is 16.5. The molecule has 1 atom stereocenters. The molecule has 0 aliphatic carbocycles. The summed E-state index contributed by atoms with van der Waals surface area (Å²) in [5, 5.41) is 25.0. The molecule has 0 aliphatic heterocycles. The zero-order valence-corrected chi connectivity index (χ0v) is 33.4. The van der Waals surface area contributed by atoms with Gasteiger partial charge in [0.05, 0.1) is 30.4 Å². The number of hydrogen-bond acceptors (Lipinski definition) is 12. The lowest BCUT2D eigenvalue weighted by Crippen LogP contribution is -2.20. The van der Waals surface area contributed by atoms with Crippen LogP contribution in [0.15, 0.2) is 53.0 Å². The third-order valence-corrected chi connectivity index (χ3v) is 9.48. The highest BCUT2D eigenvalue weighted by Gasteiger charge is 2.24. The van der Waals surface area contributed by atoms with Crippen LogP contribution in [0.25, 0.3) is 22.1 Å². The van der Waals surface area contributed by atoms with Crippen molar-refractivity contribution in [2.24, 2.45) is 11.5 Å². The van der Waals surface area contributed by atoms with Gasteiger partial charge in [-0.1, -0.05) is 19.1 Å². The fraction of sp³-hybridized carbons (Fsp3) is 0.350. The summed E-state index contributed by atoms with van der Waals surface area (Å²) in [5.41, 5.74) is 15.3. The van der Waals surface area contributed by atoms with Crippen molar-refractivity contribution in [1.29, 1.82) is 0 Å². The number of benzene rings is 2. The summed E-state index contributed by atoms with van der Waals surface area (Å²) in [6.07, 6.45) is 3.82. The lowest BCUT2D eigenvalue weighted by Gasteiger charge is -2.16. The number of aromatic nitrogens is 6. The van der Waals surface area contributed by atoms with Gasteiger partial charge >= 0.3 is 0 Å². The number of nitrogens with one attached hydrogen (secondary N) is 3. The molecule has 2 aromatic carbocycles. The normalized spacial score (nSPS) is 12.1. The number of aliphatic hydroxyl groups excluding tert-OH is 1. The Balaban J connectivity index is 1.41. The number of carbonyl (C=O) groups is 3. The van der Waals surface area contributed by atoms with E-state index in [-0.39, 0.29) is 30.2 Å². The number of ether oxygens (including phenoxy) is 2. The largest absolute Gasteiger partial charge is 0.494 e. The zero-order chi connectivity index (χ0) is 41.7. The third-order valence-electron chi connectivity index (χ3n) is 9.48. The van der Waals surface area contributed by atoms with Crippen LogP contribution >= 0.6 is 0 Å². The Morgan fingerprint density at radius 1 is 0.914 bits per heavy atom. The molecular weight excluding hydrogens is 747 g/mol. The van der Waals surface area contributed by atoms with Gasteiger partial charge < -0.3 is 50.2 Å². The van der Waals surface area contributed by atoms with Gasteiger partial charge in [0.25, 0.3) is 5.91 Å². The number of amides is 3. The lowest BCUT2D eigenvalue weighted by atomic mass is 10.1. The number of fused-ring (bicyclic) bond motifs is 2. The second-order valence-corrected chi connectivity index (χ2v) is 13.6. The minimum Gasteiger partial charge on any atom is -0.494 e. The number of nitrogens with zero attached hydrogens (tertiary/aromatic N) is 6. The Kier molecular flexibility index (Phi) is 12.5. The van der Waals surface area contributed by atoms with E-state index in [1.807, 2.05) is 44.5 Å². The minimum absolute atomic E-state index is 0.190. The Morgan fingerprint density at radius 2 is 1.53 bits per heavy atom. The number of furan rings is 1.